The Kier molecular flexibility index (Phi) is 11.8. The van der Waals surface area contributed by atoms with Gasteiger partial charge in [-0.05, 0) is 63.8 Å². The van der Waals surface area contributed by atoms with Crippen LogP contribution in [0.1, 0.15) is 51.2 Å². The van der Waals surface area contributed by atoms with Gasteiger partial charge in [0.1, 0.15) is 17.7 Å². The third kappa shape index (κ3) is 10.8. The Balaban J connectivity index is 1.74. The molecule has 1 aliphatic rings. The molecule has 0 spiro atoms. The largest absolute Gasteiger partial charge is 0.459 e. The summed E-state index contributed by atoms with van der Waals surface area (Å²) in [6, 6.07) is 16.0. The van der Waals surface area contributed by atoms with Gasteiger partial charge >= 0.3 is 5.97 Å². The van der Waals surface area contributed by atoms with Crippen molar-refractivity contribution in [1.29, 1.82) is 0 Å². The summed E-state index contributed by atoms with van der Waals surface area (Å²) in [5.74, 6) is -2.33. The van der Waals surface area contributed by atoms with E-state index in [4.69, 9.17) is 10.5 Å². The van der Waals surface area contributed by atoms with E-state index in [9.17, 15) is 24.3 Å². The average molecular weight is 579 g/mol. The minimum Gasteiger partial charge on any atom is -0.459 e. The highest BCUT2D eigenvalue weighted by molar-refractivity contribution is 5.97. The van der Waals surface area contributed by atoms with Crippen molar-refractivity contribution in [2.75, 3.05) is 13.1 Å². The molecule has 0 unspecified atom stereocenters. The van der Waals surface area contributed by atoms with E-state index >= 15 is 0 Å². The van der Waals surface area contributed by atoms with E-state index in [1.54, 1.807) is 6.08 Å². The number of hydrogen-bond acceptors (Lipinski definition) is 7. The predicted octanol–water partition coefficient (Wildman–Crippen LogP) is 1.95. The molecule has 0 radical (unpaired) electrons. The molecule has 1 heterocycles. The van der Waals surface area contributed by atoms with E-state index in [2.05, 4.69) is 10.6 Å². The maximum absolute atomic E-state index is 13.4. The second-order valence-corrected chi connectivity index (χ2v) is 11.5. The lowest BCUT2D eigenvalue weighted by molar-refractivity contribution is -0.160. The fourth-order valence-electron chi connectivity index (χ4n) is 4.85. The van der Waals surface area contributed by atoms with E-state index in [0.29, 0.717) is 13.0 Å². The Morgan fingerprint density at radius 1 is 1.05 bits per heavy atom. The zero-order valence-corrected chi connectivity index (χ0v) is 24.5. The third-order valence-electron chi connectivity index (χ3n) is 6.82. The van der Waals surface area contributed by atoms with Gasteiger partial charge < -0.3 is 26.2 Å². The standard InChI is InChI=1S/C32H42N4O6/c1-32(2,3)42-31(41)26-15-10-18-36(26)21-27(37)24(19-23-13-8-5-9-14-23)35-30(40)25(20-28(33)38)34-29(39)17-16-22-11-6-4-7-12-22/h4-9,11-14,16-17,24-27,37H,10,15,18-21H2,1-3H3,(H2,33,38)(H,34,39)(H,35,40)/t24-,25-,26-,27+/m0/s1. The molecule has 0 aromatic heterocycles. The summed E-state index contributed by atoms with van der Waals surface area (Å²) in [7, 11) is 0. The lowest BCUT2D eigenvalue weighted by Crippen LogP contribution is -2.56. The van der Waals surface area contributed by atoms with E-state index < -0.39 is 54.0 Å². The molecular weight excluding hydrogens is 536 g/mol. The molecule has 226 valence electrons. The number of carbonyl (C=O) groups is 4. The normalized spacial score (nSPS) is 17.8. The summed E-state index contributed by atoms with van der Waals surface area (Å²) in [6.07, 6.45) is 3.04. The van der Waals surface area contributed by atoms with Crippen LogP contribution in [0.2, 0.25) is 0 Å². The first-order chi connectivity index (χ1) is 19.9. The number of aliphatic hydroxyl groups excluding tert-OH is 1. The number of aliphatic hydroxyl groups is 1. The van der Waals surface area contributed by atoms with E-state index in [1.165, 1.54) is 6.08 Å². The first-order valence-corrected chi connectivity index (χ1v) is 14.2. The van der Waals surface area contributed by atoms with E-state index in [0.717, 1.165) is 17.5 Å². The Morgan fingerprint density at radius 3 is 2.31 bits per heavy atom. The second-order valence-electron chi connectivity index (χ2n) is 11.5. The molecule has 0 aliphatic carbocycles. The van der Waals surface area contributed by atoms with Crippen molar-refractivity contribution < 1.29 is 29.0 Å². The summed E-state index contributed by atoms with van der Waals surface area (Å²) in [5, 5.41) is 16.7. The third-order valence-corrected chi connectivity index (χ3v) is 6.82. The zero-order chi connectivity index (χ0) is 30.7. The van der Waals surface area contributed by atoms with Gasteiger partial charge in [-0.3, -0.25) is 24.1 Å². The number of amides is 3. The molecular formula is C32H42N4O6. The van der Waals surface area contributed by atoms with Crippen molar-refractivity contribution in [3.63, 3.8) is 0 Å². The number of primary amides is 1. The zero-order valence-electron chi connectivity index (χ0n) is 24.5. The van der Waals surface area contributed by atoms with Crippen LogP contribution in [-0.2, 0) is 30.3 Å². The monoisotopic (exact) mass is 578 g/mol. The molecule has 3 amide bonds. The van der Waals surface area contributed by atoms with Crippen LogP contribution in [0.15, 0.2) is 66.7 Å². The Morgan fingerprint density at radius 2 is 1.69 bits per heavy atom. The summed E-state index contributed by atoms with van der Waals surface area (Å²) in [5.41, 5.74) is 6.42. The number of esters is 1. The predicted molar refractivity (Wildman–Crippen MR) is 160 cm³/mol. The van der Waals surface area contributed by atoms with E-state index in [1.807, 2.05) is 86.3 Å². The number of β-amino-alcohol motifs (C(OH)–C–C–N with tert-alkyl or cyclic N) is 1. The van der Waals surface area contributed by atoms with Crippen molar-refractivity contribution in [2.45, 2.75) is 76.3 Å². The van der Waals surface area contributed by atoms with Crippen LogP contribution in [0.5, 0.6) is 0 Å². The van der Waals surface area contributed by atoms with Crippen molar-refractivity contribution in [3.05, 3.63) is 77.9 Å². The first-order valence-electron chi connectivity index (χ1n) is 14.2. The van der Waals surface area contributed by atoms with Crippen molar-refractivity contribution >= 4 is 29.8 Å². The van der Waals surface area contributed by atoms with Crippen molar-refractivity contribution in [2.24, 2.45) is 5.73 Å². The SMILES string of the molecule is CC(C)(C)OC(=O)[C@@H]1CCCN1C[C@@H](O)[C@H](Cc1ccccc1)NC(=O)[C@H](CC(N)=O)NC(=O)C=Cc1ccccc1. The minimum atomic E-state index is -1.25. The molecule has 0 saturated carbocycles. The summed E-state index contributed by atoms with van der Waals surface area (Å²) >= 11 is 0. The van der Waals surface area contributed by atoms with Gasteiger partial charge in [-0.15, -0.1) is 0 Å². The number of ether oxygens (including phenoxy) is 1. The van der Waals surface area contributed by atoms with Gasteiger partial charge in [0, 0.05) is 12.6 Å². The summed E-state index contributed by atoms with van der Waals surface area (Å²) < 4.78 is 5.59. The number of hydrogen-bond donors (Lipinski definition) is 4. The van der Waals surface area contributed by atoms with Crippen LogP contribution in [0.3, 0.4) is 0 Å². The number of likely N-dealkylation sites (tertiary alicyclic amines) is 1. The molecule has 1 aliphatic heterocycles. The molecule has 1 saturated heterocycles. The fraction of sp³-hybridized carbons (Fsp3) is 0.438. The molecule has 3 rings (SSSR count). The number of benzene rings is 2. The van der Waals surface area contributed by atoms with Crippen molar-refractivity contribution in [3.8, 4) is 0 Å². The van der Waals surface area contributed by atoms with Crippen LogP contribution in [-0.4, -0.2) is 76.6 Å². The lowest BCUT2D eigenvalue weighted by atomic mass is 9.99. The Labute approximate surface area is 247 Å². The second kappa shape index (κ2) is 15.3. The van der Waals surface area contributed by atoms with Crippen LogP contribution in [0.4, 0.5) is 0 Å². The average Bonchev–Trinajstić information content (AvgIpc) is 3.39. The smallest absolute Gasteiger partial charge is 0.323 e. The molecule has 2 aromatic rings. The van der Waals surface area contributed by atoms with Gasteiger partial charge in [0.2, 0.25) is 17.7 Å². The lowest BCUT2D eigenvalue weighted by Gasteiger charge is -2.32. The fourth-order valence-corrected chi connectivity index (χ4v) is 4.85. The van der Waals surface area contributed by atoms with Gasteiger partial charge in [0.25, 0.3) is 0 Å². The highest BCUT2D eigenvalue weighted by Gasteiger charge is 2.37. The summed E-state index contributed by atoms with van der Waals surface area (Å²) in [6.45, 7) is 6.14. The number of nitrogens with zero attached hydrogens (tertiary/aromatic N) is 1. The highest BCUT2D eigenvalue weighted by atomic mass is 16.6. The van der Waals surface area contributed by atoms with Crippen LogP contribution in [0, 0.1) is 0 Å². The van der Waals surface area contributed by atoms with Gasteiger partial charge in [-0.1, -0.05) is 60.7 Å². The summed E-state index contributed by atoms with van der Waals surface area (Å²) in [4.78, 5) is 52.5. The molecule has 1 fully saturated rings. The molecule has 4 atom stereocenters. The van der Waals surface area contributed by atoms with Gasteiger partial charge in [-0.2, -0.15) is 0 Å². The molecule has 0 bridgehead atoms. The first kappa shape index (κ1) is 32.5. The van der Waals surface area contributed by atoms with E-state index in [-0.39, 0.29) is 18.9 Å². The topological polar surface area (TPSA) is 151 Å². The number of nitrogens with two attached hydrogens (primary N) is 1. The highest BCUT2D eigenvalue weighted by Crippen LogP contribution is 2.22. The maximum Gasteiger partial charge on any atom is 0.323 e. The van der Waals surface area contributed by atoms with Gasteiger partial charge in [0.15, 0.2) is 0 Å². The maximum atomic E-state index is 13.4. The molecule has 2 aromatic carbocycles. The van der Waals surface area contributed by atoms with Gasteiger partial charge in [0.05, 0.1) is 18.6 Å². The number of carbonyl (C=O) groups excluding carboxylic acids is 4. The molecule has 5 N–H and O–H groups in total. The molecule has 42 heavy (non-hydrogen) atoms. The van der Waals surface area contributed by atoms with Crippen molar-refractivity contribution in [1.82, 2.24) is 15.5 Å². The van der Waals surface area contributed by atoms with Crippen LogP contribution < -0.4 is 16.4 Å². The molecule has 10 heteroatoms. The number of nitrogens with one attached hydrogen (secondary N) is 2. The Bertz CT molecular complexity index is 1230. The number of rotatable bonds is 13. The quantitative estimate of drug-likeness (QED) is 0.210. The van der Waals surface area contributed by atoms with Crippen LogP contribution >= 0.6 is 0 Å². The van der Waals surface area contributed by atoms with Crippen LogP contribution in [0.25, 0.3) is 6.08 Å². The van der Waals surface area contributed by atoms with Gasteiger partial charge in [-0.25, -0.2) is 0 Å². The molecule has 10 nitrogen and oxygen atoms in total. The minimum absolute atomic E-state index is 0.119. The Hall–Kier alpha value is -4.02.